The van der Waals surface area contributed by atoms with Crippen molar-refractivity contribution >= 4 is 15.5 Å². The summed E-state index contributed by atoms with van der Waals surface area (Å²) >= 11 is 0. The van der Waals surface area contributed by atoms with Crippen molar-refractivity contribution in [1.82, 2.24) is 9.97 Å². The van der Waals surface area contributed by atoms with Crippen LogP contribution in [0.4, 0.5) is 5.69 Å². The molecule has 0 unspecified atom stereocenters. The summed E-state index contributed by atoms with van der Waals surface area (Å²) in [5.74, 6) is 0.911. The molecule has 21 heavy (non-hydrogen) atoms. The quantitative estimate of drug-likeness (QED) is 0.829. The highest BCUT2D eigenvalue weighted by Gasteiger charge is 2.03. The van der Waals surface area contributed by atoms with E-state index in [9.17, 15) is 8.42 Å². The molecule has 0 bridgehead atoms. The van der Waals surface area contributed by atoms with Gasteiger partial charge in [-0.1, -0.05) is 0 Å². The molecule has 1 aromatic carbocycles. The minimum Gasteiger partial charge on any atom is -0.385 e. The van der Waals surface area contributed by atoms with Crippen LogP contribution < -0.4 is 5.32 Å². The number of aromatic nitrogens is 2. The molecule has 2 rings (SSSR count). The van der Waals surface area contributed by atoms with E-state index in [1.54, 1.807) is 6.20 Å². The predicted molar refractivity (Wildman–Crippen MR) is 85.0 cm³/mol. The van der Waals surface area contributed by atoms with Crippen molar-refractivity contribution in [2.75, 3.05) is 23.9 Å². The van der Waals surface area contributed by atoms with Gasteiger partial charge in [-0.3, -0.25) is 0 Å². The molecule has 0 amide bonds. The first-order valence-corrected chi connectivity index (χ1v) is 8.82. The maximum atomic E-state index is 11.0. The summed E-state index contributed by atoms with van der Waals surface area (Å²) < 4.78 is 22.1. The van der Waals surface area contributed by atoms with Crippen LogP contribution >= 0.6 is 0 Å². The van der Waals surface area contributed by atoms with Gasteiger partial charge in [0.15, 0.2) is 5.82 Å². The lowest BCUT2D eigenvalue weighted by Gasteiger charge is -2.07. The Bertz CT molecular complexity index is 697. The Morgan fingerprint density at radius 3 is 2.48 bits per heavy atom. The van der Waals surface area contributed by atoms with E-state index < -0.39 is 9.84 Å². The zero-order chi connectivity index (χ0) is 15.3. The van der Waals surface area contributed by atoms with E-state index in [0.717, 1.165) is 16.9 Å². The number of aryl methyl sites for hydroxylation is 1. The van der Waals surface area contributed by atoms with Gasteiger partial charge in [0, 0.05) is 35.9 Å². The minimum absolute atomic E-state index is 0.204. The number of anilines is 1. The number of sulfone groups is 1. The van der Waals surface area contributed by atoms with Gasteiger partial charge >= 0.3 is 0 Å². The molecule has 1 N–H and O–H groups in total. The average molecular weight is 305 g/mol. The molecule has 0 aliphatic heterocycles. The van der Waals surface area contributed by atoms with Crippen LogP contribution in [0.2, 0.25) is 0 Å². The Morgan fingerprint density at radius 2 is 1.86 bits per heavy atom. The van der Waals surface area contributed by atoms with Crippen molar-refractivity contribution in [2.24, 2.45) is 0 Å². The second-order valence-electron chi connectivity index (χ2n) is 5.01. The molecule has 6 heteroatoms. The zero-order valence-electron chi connectivity index (χ0n) is 12.2. The molecule has 112 valence electrons. The molecule has 0 saturated heterocycles. The second kappa shape index (κ2) is 6.67. The van der Waals surface area contributed by atoms with Crippen LogP contribution in [0.1, 0.15) is 12.1 Å². The molecule has 2 aromatic rings. The summed E-state index contributed by atoms with van der Waals surface area (Å²) in [5.41, 5.74) is 2.85. The van der Waals surface area contributed by atoms with E-state index in [4.69, 9.17) is 0 Å². The fraction of sp³-hybridized carbons (Fsp3) is 0.333. The summed E-state index contributed by atoms with van der Waals surface area (Å²) in [6, 6.07) is 9.66. The monoisotopic (exact) mass is 305 g/mol. The van der Waals surface area contributed by atoms with E-state index in [0.29, 0.717) is 18.8 Å². The van der Waals surface area contributed by atoms with Crippen molar-refractivity contribution in [3.8, 4) is 11.4 Å². The summed E-state index contributed by atoms with van der Waals surface area (Å²) in [6.45, 7) is 2.57. The average Bonchev–Trinajstić information content (AvgIpc) is 2.43. The molecule has 0 saturated carbocycles. The molecule has 5 nitrogen and oxygen atoms in total. The van der Waals surface area contributed by atoms with Crippen molar-refractivity contribution < 1.29 is 8.42 Å². The summed E-state index contributed by atoms with van der Waals surface area (Å²) in [7, 11) is -2.88. The molecule has 0 aliphatic carbocycles. The summed E-state index contributed by atoms with van der Waals surface area (Å²) in [6.07, 6.45) is 3.60. The van der Waals surface area contributed by atoms with Crippen LogP contribution in [0.25, 0.3) is 11.4 Å². The Kier molecular flexibility index (Phi) is 4.90. The number of hydrogen-bond donors (Lipinski definition) is 1. The lowest BCUT2D eigenvalue weighted by atomic mass is 10.2. The highest BCUT2D eigenvalue weighted by molar-refractivity contribution is 7.90. The highest BCUT2D eigenvalue weighted by atomic mass is 32.2. The van der Waals surface area contributed by atoms with E-state index >= 15 is 0 Å². The van der Waals surface area contributed by atoms with Crippen LogP contribution in [0, 0.1) is 6.92 Å². The first-order valence-electron chi connectivity index (χ1n) is 6.76. The largest absolute Gasteiger partial charge is 0.385 e. The first-order chi connectivity index (χ1) is 9.94. The SMILES string of the molecule is Cc1ccnc(-c2ccc(NCCCS(C)(=O)=O)cc2)n1. The fourth-order valence-corrected chi connectivity index (χ4v) is 2.56. The van der Waals surface area contributed by atoms with E-state index in [-0.39, 0.29) is 5.75 Å². The summed E-state index contributed by atoms with van der Waals surface area (Å²) in [4.78, 5) is 8.62. The van der Waals surface area contributed by atoms with Gasteiger partial charge in [-0.05, 0) is 43.7 Å². The van der Waals surface area contributed by atoms with Crippen molar-refractivity contribution in [1.29, 1.82) is 0 Å². The number of benzene rings is 1. The molecule has 1 heterocycles. The standard InChI is InChI=1S/C15H19N3O2S/c1-12-8-10-17-15(18-12)13-4-6-14(7-5-13)16-9-3-11-21(2,19)20/h4-8,10,16H,3,9,11H2,1-2H3. The van der Waals surface area contributed by atoms with Gasteiger partial charge < -0.3 is 5.32 Å². The third-order valence-corrected chi connectivity index (χ3v) is 3.99. The third-order valence-electron chi connectivity index (χ3n) is 2.96. The van der Waals surface area contributed by atoms with Crippen LogP contribution in [-0.4, -0.2) is 36.9 Å². The lowest BCUT2D eigenvalue weighted by Crippen LogP contribution is -2.09. The van der Waals surface area contributed by atoms with E-state index in [2.05, 4.69) is 15.3 Å². The van der Waals surface area contributed by atoms with Crippen LogP contribution in [-0.2, 0) is 9.84 Å². The number of nitrogens with zero attached hydrogens (tertiary/aromatic N) is 2. The van der Waals surface area contributed by atoms with Gasteiger partial charge in [-0.25, -0.2) is 18.4 Å². The molecule has 0 radical (unpaired) electrons. The van der Waals surface area contributed by atoms with Crippen LogP contribution in [0.15, 0.2) is 36.5 Å². The van der Waals surface area contributed by atoms with Crippen LogP contribution in [0.3, 0.4) is 0 Å². The maximum absolute atomic E-state index is 11.0. The second-order valence-corrected chi connectivity index (χ2v) is 7.27. The van der Waals surface area contributed by atoms with Gasteiger partial charge in [0.2, 0.25) is 0 Å². The summed E-state index contributed by atoms with van der Waals surface area (Å²) in [5, 5.41) is 3.20. The zero-order valence-corrected chi connectivity index (χ0v) is 13.0. The van der Waals surface area contributed by atoms with Crippen LogP contribution in [0.5, 0.6) is 0 Å². The molecule has 1 aromatic heterocycles. The van der Waals surface area contributed by atoms with Gasteiger partial charge in [0.05, 0.1) is 5.75 Å². The lowest BCUT2D eigenvalue weighted by molar-refractivity contribution is 0.600. The van der Waals surface area contributed by atoms with E-state index in [1.165, 1.54) is 6.26 Å². The van der Waals surface area contributed by atoms with Gasteiger partial charge in [0.25, 0.3) is 0 Å². The number of hydrogen-bond acceptors (Lipinski definition) is 5. The first kappa shape index (κ1) is 15.4. The normalized spacial score (nSPS) is 11.3. The van der Waals surface area contributed by atoms with E-state index in [1.807, 2.05) is 37.3 Å². The minimum atomic E-state index is -2.88. The Hall–Kier alpha value is -1.95. The Morgan fingerprint density at radius 1 is 1.14 bits per heavy atom. The third kappa shape index (κ3) is 5.15. The molecule has 0 aliphatic rings. The molecular weight excluding hydrogens is 286 g/mol. The smallest absolute Gasteiger partial charge is 0.159 e. The number of nitrogens with one attached hydrogen (secondary N) is 1. The molecular formula is C15H19N3O2S. The van der Waals surface area contributed by atoms with Crippen molar-refractivity contribution in [3.63, 3.8) is 0 Å². The molecule has 0 fully saturated rings. The fourth-order valence-electron chi connectivity index (χ4n) is 1.89. The highest BCUT2D eigenvalue weighted by Crippen LogP contribution is 2.17. The number of rotatable bonds is 6. The topological polar surface area (TPSA) is 72.0 Å². The maximum Gasteiger partial charge on any atom is 0.159 e. The van der Waals surface area contributed by atoms with Gasteiger partial charge in [-0.15, -0.1) is 0 Å². The Labute approximate surface area is 125 Å². The molecule has 0 atom stereocenters. The van der Waals surface area contributed by atoms with Crippen molar-refractivity contribution in [3.05, 3.63) is 42.2 Å². The Balaban J connectivity index is 1.93. The molecule has 0 spiro atoms. The van der Waals surface area contributed by atoms with Gasteiger partial charge in [-0.2, -0.15) is 0 Å². The van der Waals surface area contributed by atoms with Gasteiger partial charge in [0.1, 0.15) is 9.84 Å². The predicted octanol–water partition coefficient (Wildman–Crippen LogP) is 2.30. The van der Waals surface area contributed by atoms with Crippen molar-refractivity contribution in [2.45, 2.75) is 13.3 Å².